The predicted molar refractivity (Wildman–Crippen MR) is 35.5 cm³/mol. The van der Waals surface area contributed by atoms with E-state index in [2.05, 4.69) is 0 Å². The predicted octanol–water partition coefficient (Wildman–Crippen LogP) is -2.64. The molecule has 0 saturated carbocycles. The quantitative estimate of drug-likeness (QED) is 0.419. The first-order valence-electron chi connectivity index (χ1n) is 2.98. The van der Waals surface area contributed by atoms with Gasteiger partial charge in [0.05, 0.1) is 5.97 Å². The van der Waals surface area contributed by atoms with Gasteiger partial charge >= 0.3 is 29.6 Å². The first-order chi connectivity index (χ1) is 4.70. The van der Waals surface area contributed by atoms with Crippen LogP contribution in [0.2, 0.25) is 0 Å². The van der Waals surface area contributed by atoms with Crippen molar-refractivity contribution in [3.05, 3.63) is 35.4 Å². The maximum atomic E-state index is 10.2. The van der Waals surface area contributed by atoms with Crippen LogP contribution in [0.1, 0.15) is 15.9 Å². The smallest absolute Gasteiger partial charge is 0.545 e. The largest absolute Gasteiger partial charge is 1.00 e. The second kappa shape index (κ2) is 4.54. The average molecular weight is 158 g/mol. The van der Waals surface area contributed by atoms with Gasteiger partial charge in [-0.05, 0) is 12.5 Å². The second-order valence-corrected chi connectivity index (χ2v) is 2.16. The fourth-order valence-electron chi connectivity index (χ4n) is 0.772. The molecule has 0 unspecified atom stereocenters. The van der Waals surface area contributed by atoms with E-state index in [1.807, 2.05) is 13.0 Å². The Balaban J connectivity index is 0.000001000. The van der Waals surface area contributed by atoms with E-state index in [1.54, 1.807) is 12.1 Å². The molecule has 2 nitrogen and oxygen atoms in total. The Morgan fingerprint density at radius 2 is 2.09 bits per heavy atom. The Hall–Kier alpha value is -0.310. The van der Waals surface area contributed by atoms with Crippen molar-refractivity contribution < 1.29 is 39.5 Å². The average Bonchev–Trinajstić information content (AvgIpc) is 1.88. The van der Waals surface area contributed by atoms with E-state index >= 15 is 0 Å². The summed E-state index contributed by atoms with van der Waals surface area (Å²) in [7, 11) is 0. The van der Waals surface area contributed by atoms with Crippen molar-refractivity contribution >= 4 is 5.97 Å². The fraction of sp³-hybridized carbons (Fsp3) is 0.125. The number of benzene rings is 1. The minimum absolute atomic E-state index is 0. The zero-order valence-corrected chi connectivity index (χ0v) is 8.63. The minimum atomic E-state index is -1.12. The molecule has 0 bridgehead atoms. The zero-order chi connectivity index (χ0) is 7.56. The van der Waals surface area contributed by atoms with Gasteiger partial charge in [-0.1, -0.05) is 29.8 Å². The Labute approximate surface area is 87.5 Å². The fourth-order valence-corrected chi connectivity index (χ4v) is 0.772. The molecule has 0 amide bonds. The van der Waals surface area contributed by atoms with Crippen molar-refractivity contribution in [3.63, 3.8) is 0 Å². The Morgan fingerprint density at radius 1 is 1.45 bits per heavy atom. The number of rotatable bonds is 1. The van der Waals surface area contributed by atoms with Crippen molar-refractivity contribution in [2.45, 2.75) is 6.92 Å². The molecule has 52 valence electrons. The molecule has 0 atom stereocenters. The van der Waals surface area contributed by atoms with E-state index in [1.165, 1.54) is 6.07 Å². The molecule has 0 fully saturated rings. The molecule has 0 aliphatic rings. The summed E-state index contributed by atoms with van der Waals surface area (Å²) < 4.78 is 0. The van der Waals surface area contributed by atoms with Crippen LogP contribution in [-0.2, 0) is 0 Å². The molecule has 11 heavy (non-hydrogen) atoms. The van der Waals surface area contributed by atoms with Gasteiger partial charge in [-0.2, -0.15) is 0 Å². The molecule has 0 heterocycles. The summed E-state index contributed by atoms with van der Waals surface area (Å²) in [6.45, 7) is 1.84. The summed E-state index contributed by atoms with van der Waals surface area (Å²) in [5.74, 6) is -1.12. The van der Waals surface area contributed by atoms with E-state index in [-0.39, 0.29) is 35.1 Å². The number of aryl methyl sites for hydroxylation is 1. The molecule has 3 heteroatoms. The normalized spacial score (nSPS) is 8.45. The van der Waals surface area contributed by atoms with Gasteiger partial charge in [0.25, 0.3) is 0 Å². The van der Waals surface area contributed by atoms with Crippen LogP contribution in [0.4, 0.5) is 0 Å². The maximum absolute atomic E-state index is 10.2. The van der Waals surface area contributed by atoms with Crippen LogP contribution in [0, 0.1) is 6.92 Å². The van der Waals surface area contributed by atoms with Crippen LogP contribution in [0.3, 0.4) is 0 Å². The first kappa shape index (κ1) is 10.7. The third-order valence-corrected chi connectivity index (χ3v) is 1.25. The van der Waals surface area contributed by atoms with E-state index in [9.17, 15) is 9.90 Å². The van der Waals surface area contributed by atoms with Crippen LogP contribution in [0.5, 0.6) is 0 Å². The van der Waals surface area contributed by atoms with E-state index in [0.29, 0.717) is 0 Å². The number of hydrogen-bond acceptors (Lipinski definition) is 2. The zero-order valence-electron chi connectivity index (χ0n) is 6.63. The van der Waals surface area contributed by atoms with Crippen molar-refractivity contribution in [3.8, 4) is 0 Å². The van der Waals surface area contributed by atoms with Crippen molar-refractivity contribution in [2.75, 3.05) is 0 Å². The molecular weight excluding hydrogens is 151 g/mol. The third kappa shape index (κ3) is 3.06. The van der Waals surface area contributed by atoms with Gasteiger partial charge in [0.1, 0.15) is 0 Å². The maximum Gasteiger partial charge on any atom is 1.00 e. The standard InChI is InChI=1S/C8H8O2.Na/c1-6-3-2-4-7(5-6)8(9)10;/h2-5H,1H3,(H,9,10);/q;+1/p-1. The van der Waals surface area contributed by atoms with Gasteiger partial charge in [0.15, 0.2) is 0 Å². The summed E-state index contributed by atoms with van der Waals surface area (Å²) >= 11 is 0. The Morgan fingerprint density at radius 3 is 2.45 bits per heavy atom. The summed E-state index contributed by atoms with van der Waals surface area (Å²) in [6.07, 6.45) is 0. The molecule has 0 aromatic heterocycles. The van der Waals surface area contributed by atoms with Crippen LogP contribution >= 0.6 is 0 Å². The molecular formula is C8H7NaO2. The third-order valence-electron chi connectivity index (χ3n) is 1.25. The Bertz CT molecular complexity index is 258. The SMILES string of the molecule is Cc1cccc(C(=O)[O-])c1.[Na+]. The second-order valence-electron chi connectivity index (χ2n) is 2.16. The van der Waals surface area contributed by atoms with Gasteiger partial charge in [0.2, 0.25) is 0 Å². The molecule has 1 aromatic rings. The number of carboxylic acid groups (broad SMARTS) is 1. The van der Waals surface area contributed by atoms with Crippen LogP contribution in [0.15, 0.2) is 24.3 Å². The number of carboxylic acids is 1. The van der Waals surface area contributed by atoms with Crippen LogP contribution in [0.25, 0.3) is 0 Å². The van der Waals surface area contributed by atoms with E-state index < -0.39 is 5.97 Å². The first-order valence-corrected chi connectivity index (χ1v) is 2.98. The van der Waals surface area contributed by atoms with Crippen LogP contribution < -0.4 is 34.7 Å². The molecule has 0 radical (unpaired) electrons. The molecule has 0 aliphatic heterocycles. The molecule has 0 N–H and O–H groups in total. The summed E-state index contributed by atoms with van der Waals surface area (Å²) in [6, 6.07) is 6.63. The molecule has 1 aromatic carbocycles. The van der Waals surface area contributed by atoms with Crippen LogP contribution in [-0.4, -0.2) is 5.97 Å². The number of carbonyl (C=O) groups is 1. The van der Waals surface area contributed by atoms with Gasteiger partial charge in [-0.3, -0.25) is 0 Å². The number of aromatic carboxylic acids is 1. The molecule has 0 saturated heterocycles. The summed E-state index contributed by atoms with van der Waals surface area (Å²) in [5, 5.41) is 10.2. The summed E-state index contributed by atoms with van der Waals surface area (Å²) in [4.78, 5) is 10.2. The molecule has 0 aliphatic carbocycles. The van der Waals surface area contributed by atoms with E-state index in [0.717, 1.165) is 5.56 Å². The van der Waals surface area contributed by atoms with Crippen molar-refractivity contribution in [1.29, 1.82) is 0 Å². The van der Waals surface area contributed by atoms with Gasteiger partial charge in [0, 0.05) is 0 Å². The van der Waals surface area contributed by atoms with E-state index in [4.69, 9.17) is 0 Å². The van der Waals surface area contributed by atoms with Gasteiger partial charge in [-0.25, -0.2) is 0 Å². The summed E-state index contributed by atoms with van der Waals surface area (Å²) in [5.41, 5.74) is 1.17. The van der Waals surface area contributed by atoms with Crippen molar-refractivity contribution in [2.24, 2.45) is 0 Å². The van der Waals surface area contributed by atoms with Gasteiger partial charge < -0.3 is 9.90 Å². The minimum Gasteiger partial charge on any atom is -0.545 e. The topological polar surface area (TPSA) is 40.1 Å². The van der Waals surface area contributed by atoms with Crippen molar-refractivity contribution in [1.82, 2.24) is 0 Å². The molecule has 1 rings (SSSR count). The van der Waals surface area contributed by atoms with Gasteiger partial charge in [-0.15, -0.1) is 0 Å². The molecule has 0 spiro atoms. The Kier molecular flexibility index (Phi) is 4.42. The number of carbonyl (C=O) groups excluding carboxylic acids is 1. The monoisotopic (exact) mass is 158 g/mol. The number of hydrogen-bond donors (Lipinski definition) is 0.